The lowest BCUT2D eigenvalue weighted by Crippen LogP contribution is -2.27. The second-order valence-corrected chi connectivity index (χ2v) is 9.28. The van der Waals surface area contributed by atoms with Crippen molar-refractivity contribution in [3.05, 3.63) is 35.3 Å². The molecule has 2 aromatic rings. The fourth-order valence-electron chi connectivity index (χ4n) is 2.88. The zero-order valence-corrected chi connectivity index (χ0v) is 17.6. The molecule has 3 N–H and O–H groups in total. The molecule has 1 saturated heterocycles. The molecule has 0 atom stereocenters. The van der Waals surface area contributed by atoms with Crippen molar-refractivity contribution in [3.8, 4) is 0 Å². The highest BCUT2D eigenvalue weighted by molar-refractivity contribution is 7.84. The van der Waals surface area contributed by atoms with Gasteiger partial charge in [-0.05, 0) is 41.4 Å². The molecule has 2 fully saturated rings. The summed E-state index contributed by atoms with van der Waals surface area (Å²) in [6.07, 6.45) is -3.56. The van der Waals surface area contributed by atoms with E-state index in [4.69, 9.17) is 4.18 Å². The van der Waals surface area contributed by atoms with Crippen molar-refractivity contribution >= 4 is 27.6 Å². The molecular weight excluding hydrogens is 476 g/mol. The molecule has 33 heavy (non-hydrogen) atoms. The smallest absolute Gasteiger partial charge is 0.365 e. The van der Waals surface area contributed by atoms with E-state index in [0.717, 1.165) is 6.07 Å². The number of hydrogen-bond acceptors (Lipinski definition) is 9. The summed E-state index contributed by atoms with van der Waals surface area (Å²) in [4.78, 5) is 3.83. The number of benzene rings is 1. The van der Waals surface area contributed by atoms with E-state index < -0.39 is 39.1 Å². The topological polar surface area (TPSA) is 142 Å². The Morgan fingerprint density at radius 2 is 2.03 bits per heavy atom. The van der Waals surface area contributed by atoms with E-state index in [-0.39, 0.29) is 30.4 Å². The van der Waals surface area contributed by atoms with E-state index in [1.54, 1.807) is 5.48 Å². The van der Waals surface area contributed by atoms with Crippen LogP contribution in [0.2, 0.25) is 0 Å². The summed E-state index contributed by atoms with van der Waals surface area (Å²) in [5.41, 5.74) is -0.768. The Balaban J connectivity index is 1.47. The van der Waals surface area contributed by atoms with E-state index in [0.29, 0.717) is 38.1 Å². The minimum absolute atomic E-state index is 0.00599. The molecule has 1 saturated carbocycles. The molecule has 1 aliphatic carbocycles. The molecule has 0 radical (unpaired) electrons. The van der Waals surface area contributed by atoms with Crippen LogP contribution in [-0.2, 0) is 20.7 Å². The van der Waals surface area contributed by atoms with Gasteiger partial charge in [-0.2, -0.15) is 25.9 Å². The lowest BCUT2D eigenvalue weighted by molar-refractivity contribution is -0.139. The molecule has 1 aromatic heterocycles. The van der Waals surface area contributed by atoms with Crippen molar-refractivity contribution in [2.45, 2.75) is 19.0 Å². The molecule has 0 unspecified atom stereocenters. The van der Waals surface area contributed by atoms with Crippen LogP contribution < -0.4 is 10.8 Å². The standard InChI is InChI=1S/C17H18F4N6O5S/c18-12-2-1-10(7-11(12)17(19,20)21)23-15(24-28)13-14(26-32-25-13)22-8-16(3-4-16)9-31-33(29,30)27-5-6-27/h1-2,7,28H,3-6,8-9H2,(H,22,26)(H,23,24). The number of amidine groups is 1. The Morgan fingerprint density at radius 3 is 2.64 bits per heavy atom. The van der Waals surface area contributed by atoms with Crippen LogP contribution in [0.3, 0.4) is 0 Å². The molecule has 16 heteroatoms. The second kappa shape index (κ2) is 8.51. The fourth-order valence-corrected chi connectivity index (χ4v) is 3.96. The van der Waals surface area contributed by atoms with Gasteiger partial charge in [0.1, 0.15) is 5.82 Å². The highest BCUT2D eigenvalue weighted by Crippen LogP contribution is 2.46. The van der Waals surface area contributed by atoms with Crippen LogP contribution in [0.15, 0.2) is 27.8 Å². The minimum atomic E-state index is -4.94. The molecule has 2 heterocycles. The van der Waals surface area contributed by atoms with Gasteiger partial charge in [0.2, 0.25) is 5.82 Å². The van der Waals surface area contributed by atoms with Crippen molar-refractivity contribution in [3.63, 3.8) is 0 Å². The van der Waals surface area contributed by atoms with Crippen molar-refractivity contribution in [1.29, 1.82) is 0 Å². The molecule has 1 aliphatic heterocycles. The SMILES string of the molecule is O=S(=O)(OCC1(CNc2nonc2C(=Nc2ccc(F)c(C(F)(F)F)c2)NO)CC1)N1CC1. The zero-order valence-electron chi connectivity index (χ0n) is 16.8. The van der Waals surface area contributed by atoms with Gasteiger partial charge in [0.15, 0.2) is 11.5 Å². The molecule has 0 bridgehead atoms. The fraction of sp³-hybridized carbons (Fsp3) is 0.471. The Hall–Kier alpha value is -2.82. The predicted octanol–water partition coefficient (Wildman–Crippen LogP) is 2.05. The Labute approximate surface area is 184 Å². The number of rotatable bonds is 9. The molecular formula is C17H18F4N6O5S. The van der Waals surface area contributed by atoms with Gasteiger partial charge >= 0.3 is 16.5 Å². The third-order valence-corrected chi connectivity index (χ3v) is 6.55. The van der Waals surface area contributed by atoms with Gasteiger partial charge in [0.05, 0.1) is 17.9 Å². The number of halogens is 4. The van der Waals surface area contributed by atoms with Crippen molar-refractivity contribution in [2.24, 2.45) is 10.4 Å². The van der Waals surface area contributed by atoms with Gasteiger partial charge in [-0.25, -0.2) is 14.0 Å². The van der Waals surface area contributed by atoms with E-state index in [1.807, 2.05) is 0 Å². The number of aromatic nitrogens is 2. The van der Waals surface area contributed by atoms with Crippen LogP contribution in [-0.4, -0.2) is 60.3 Å². The second-order valence-electron chi connectivity index (χ2n) is 7.67. The number of nitrogens with one attached hydrogen (secondary N) is 2. The molecule has 180 valence electrons. The zero-order chi connectivity index (χ0) is 23.9. The van der Waals surface area contributed by atoms with Gasteiger partial charge in [-0.1, -0.05) is 0 Å². The number of nitrogens with zero attached hydrogens (tertiary/aromatic N) is 4. The first-order valence-electron chi connectivity index (χ1n) is 9.60. The number of alkyl halides is 3. The lowest BCUT2D eigenvalue weighted by atomic mass is 10.1. The monoisotopic (exact) mass is 494 g/mol. The van der Waals surface area contributed by atoms with E-state index >= 15 is 0 Å². The molecule has 0 amide bonds. The summed E-state index contributed by atoms with van der Waals surface area (Å²) in [6.45, 7) is 1.03. The minimum Gasteiger partial charge on any atom is -0.365 e. The first-order valence-corrected chi connectivity index (χ1v) is 11.0. The number of hydroxylamine groups is 1. The molecule has 0 spiro atoms. The first-order chi connectivity index (χ1) is 15.5. The predicted molar refractivity (Wildman–Crippen MR) is 103 cm³/mol. The van der Waals surface area contributed by atoms with Gasteiger partial charge in [0, 0.05) is 25.0 Å². The highest BCUT2D eigenvalue weighted by Gasteiger charge is 2.45. The van der Waals surface area contributed by atoms with Crippen LogP contribution in [0.25, 0.3) is 0 Å². The van der Waals surface area contributed by atoms with Gasteiger partial charge < -0.3 is 5.32 Å². The van der Waals surface area contributed by atoms with Crippen molar-refractivity contribution in [1.82, 2.24) is 20.1 Å². The summed E-state index contributed by atoms with van der Waals surface area (Å²) in [5, 5.41) is 19.5. The van der Waals surface area contributed by atoms with E-state index in [2.05, 4.69) is 25.3 Å². The largest absolute Gasteiger partial charge is 0.419 e. The number of aliphatic imine (C=N–C) groups is 1. The summed E-state index contributed by atoms with van der Waals surface area (Å²) in [5.74, 6) is -1.89. The number of anilines is 1. The van der Waals surface area contributed by atoms with Crippen LogP contribution in [0.4, 0.5) is 29.1 Å². The van der Waals surface area contributed by atoms with Gasteiger partial charge in [0.25, 0.3) is 0 Å². The van der Waals surface area contributed by atoms with E-state index in [1.165, 1.54) is 4.31 Å². The Kier molecular flexibility index (Phi) is 6.02. The van der Waals surface area contributed by atoms with Crippen LogP contribution >= 0.6 is 0 Å². The maximum absolute atomic E-state index is 13.5. The summed E-state index contributed by atoms with van der Waals surface area (Å²) < 4.78 is 86.9. The maximum Gasteiger partial charge on any atom is 0.419 e. The quantitative estimate of drug-likeness (QED) is 0.157. The van der Waals surface area contributed by atoms with Crippen LogP contribution in [0.1, 0.15) is 24.1 Å². The van der Waals surface area contributed by atoms with Crippen LogP contribution in [0, 0.1) is 11.2 Å². The average molecular weight is 494 g/mol. The Bertz CT molecular complexity index is 1160. The van der Waals surface area contributed by atoms with E-state index in [9.17, 15) is 31.2 Å². The van der Waals surface area contributed by atoms with Crippen LogP contribution in [0.5, 0.6) is 0 Å². The van der Waals surface area contributed by atoms with Crippen molar-refractivity contribution < 1.29 is 40.0 Å². The first kappa shape index (κ1) is 23.3. The third-order valence-electron chi connectivity index (χ3n) is 5.14. The number of hydrogen-bond donors (Lipinski definition) is 3. The highest BCUT2D eigenvalue weighted by atomic mass is 32.2. The maximum atomic E-state index is 13.5. The molecule has 4 rings (SSSR count). The summed E-state index contributed by atoms with van der Waals surface area (Å²) >= 11 is 0. The normalized spacial score (nSPS) is 18.3. The third kappa shape index (κ3) is 5.40. The molecule has 2 aliphatic rings. The average Bonchev–Trinajstić information content (AvgIpc) is 3.68. The lowest BCUT2D eigenvalue weighted by Gasteiger charge is -2.16. The Morgan fingerprint density at radius 1 is 1.30 bits per heavy atom. The molecule has 1 aromatic carbocycles. The summed E-state index contributed by atoms with van der Waals surface area (Å²) in [6, 6.07) is 2.05. The molecule has 11 nitrogen and oxygen atoms in total. The van der Waals surface area contributed by atoms with Gasteiger partial charge in [-0.3, -0.25) is 14.9 Å². The van der Waals surface area contributed by atoms with Gasteiger partial charge in [-0.15, -0.1) is 0 Å². The summed E-state index contributed by atoms with van der Waals surface area (Å²) in [7, 11) is -3.74. The van der Waals surface area contributed by atoms with Crippen molar-refractivity contribution in [2.75, 3.05) is 31.6 Å².